The van der Waals surface area contributed by atoms with Crippen LogP contribution in [-0.2, 0) is 51.0 Å². The molecular weight excluding hydrogens is 990 g/mol. The number of aromatic nitrogens is 3. The van der Waals surface area contributed by atoms with Gasteiger partial charge in [0.15, 0.2) is 18.7 Å². The van der Waals surface area contributed by atoms with E-state index in [1.807, 2.05) is 37.7 Å². The molecule has 3 fully saturated rings. The Kier molecular flexibility index (Phi) is 19.9. The number of methoxy groups -OCH3 is 1. The number of aliphatic hydroxyl groups is 5. The molecule has 23 heteroatoms. The number of esters is 1. The van der Waals surface area contributed by atoms with Gasteiger partial charge in [0.2, 0.25) is 0 Å². The van der Waals surface area contributed by atoms with Crippen LogP contribution in [0.3, 0.4) is 0 Å². The smallest absolute Gasteiger partial charge is 0.459 e. The minimum atomic E-state index is -4.83. The summed E-state index contributed by atoms with van der Waals surface area (Å²) < 4.78 is 82.4. The number of hydrogen-bond acceptors (Lipinski definition) is 19. The van der Waals surface area contributed by atoms with E-state index in [-0.39, 0.29) is 37.5 Å². The molecular formula is C52H83F3N6O14. The summed E-state index contributed by atoms with van der Waals surface area (Å²) in [6.45, 7) is 18.4. The highest BCUT2D eigenvalue weighted by molar-refractivity contribution is 6.01. The zero-order valence-electron chi connectivity index (χ0n) is 45.7. The molecule has 75 heavy (non-hydrogen) atoms. The number of ether oxygens (including phenoxy) is 7. The summed E-state index contributed by atoms with van der Waals surface area (Å²) in [5.74, 6) is -3.28. The zero-order chi connectivity index (χ0) is 55.5. The molecule has 3 saturated heterocycles. The van der Waals surface area contributed by atoms with Crippen LogP contribution in [0.25, 0.3) is 0 Å². The molecule has 4 aliphatic heterocycles. The minimum Gasteiger partial charge on any atom is -0.459 e. The van der Waals surface area contributed by atoms with Crippen molar-refractivity contribution in [3.05, 3.63) is 41.7 Å². The van der Waals surface area contributed by atoms with Crippen molar-refractivity contribution in [3.63, 3.8) is 0 Å². The number of likely N-dealkylation sites (N-methyl/N-ethyl adjacent to an activating group) is 2. The number of hydrogen-bond donors (Lipinski definition) is 5. The molecule has 0 aliphatic carbocycles. The van der Waals surface area contributed by atoms with Crippen molar-refractivity contribution in [2.75, 3.05) is 34.3 Å². The number of carbonyl (C=O) groups excluding carboxylic acids is 1. The van der Waals surface area contributed by atoms with Gasteiger partial charge in [0.05, 0.1) is 59.5 Å². The van der Waals surface area contributed by atoms with E-state index in [2.05, 4.69) is 20.2 Å². The Balaban J connectivity index is 1.21. The van der Waals surface area contributed by atoms with Crippen LogP contribution in [0.5, 0.6) is 5.75 Å². The number of carbonyl (C=O) groups is 1. The van der Waals surface area contributed by atoms with Crippen molar-refractivity contribution in [1.82, 2.24) is 24.8 Å². The van der Waals surface area contributed by atoms with E-state index in [4.69, 9.17) is 33.3 Å². The Morgan fingerprint density at radius 1 is 0.987 bits per heavy atom. The van der Waals surface area contributed by atoms with Gasteiger partial charge in [-0.25, -0.2) is 4.68 Å². The number of cyclic esters (lactones) is 1. The highest BCUT2D eigenvalue weighted by atomic mass is 19.4. The van der Waals surface area contributed by atoms with E-state index in [9.17, 15) is 43.5 Å². The fourth-order valence-electron chi connectivity index (χ4n) is 11.4. The van der Waals surface area contributed by atoms with Gasteiger partial charge in [-0.05, 0) is 99.9 Å². The number of halogens is 3. The van der Waals surface area contributed by atoms with Gasteiger partial charge in [-0.3, -0.25) is 4.79 Å². The normalized spacial score (nSPS) is 40.1. The number of rotatable bonds is 14. The topological polar surface area (TPSA) is 242 Å². The molecule has 0 saturated carbocycles. The molecule has 4 aliphatic rings. The Labute approximate surface area is 438 Å². The first-order valence-corrected chi connectivity index (χ1v) is 26.2. The maximum atomic E-state index is 14.5. The minimum absolute atomic E-state index is 0.0733. The van der Waals surface area contributed by atoms with Gasteiger partial charge in [0.1, 0.15) is 35.8 Å². The standard InChI is InChI=1S/C52H83F3N6O14/c1-14-40-51(10,67)44(63)32(6)60(12)25-28(2)23-49(8,66)46(30(4)43(31(5)47(65)71-40)72-41-24-50(9,68-13)45(64)33(7)70-41)73-48-42(62)39(20-29(3)69-48)59(11)19-18-35-26-61(58-56-35)27-37-22-38(57-75-37)34-16-15-17-36(21-34)74-52(53,54)55/h15-17,21,26,28-33,37,39-46,48,62-64,66-67H,14,18-20,22-25,27H2,1-13H3/t28-,29-,30+,31-,32-,33+,37-,39+,40-,41+,42-,43+,44-,45+,46-,48+,49-,50-,51-/m1/s1. The van der Waals surface area contributed by atoms with Crippen LogP contribution in [0.15, 0.2) is 35.6 Å². The summed E-state index contributed by atoms with van der Waals surface area (Å²) in [4.78, 5) is 24.0. The van der Waals surface area contributed by atoms with Crippen LogP contribution < -0.4 is 4.74 Å². The molecule has 2 aromatic rings. The fourth-order valence-corrected chi connectivity index (χ4v) is 11.4. The molecule has 0 bridgehead atoms. The van der Waals surface area contributed by atoms with Gasteiger partial charge in [0, 0.05) is 69.2 Å². The van der Waals surface area contributed by atoms with Gasteiger partial charge >= 0.3 is 12.3 Å². The molecule has 5 heterocycles. The van der Waals surface area contributed by atoms with Gasteiger partial charge in [-0.2, -0.15) is 0 Å². The van der Waals surface area contributed by atoms with E-state index in [1.165, 1.54) is 32.2 Å². The number of aliphatic hydroxyl groups excluding tert-OH is 3. The van der Waals surface area contributed by atoms with Crippen LogP contribution in [0.1, 0.15) is 113 Å². The maximum absolute atomic E-state index is 14.5. The molecule has 20 nitrogen and oxygen atoms in total. The number of oxime groups is 1. The molecule has 0 radical (unpaired) electrons. The Morgan fingerprint density at radius 3 is 2.36 bits per heavy atom. The molecule has 0 unspecified atom stereocenters. The molecule has 1 aromatic heterocycles. The number of nitrogens with zero attached hydrogens (tertiary/aromatic N) is 6. The maximum Gasteiger partial charge on any atom is 0.573 e. The lowest BCUT2D eigenvalue weighted by Gasteiger charge is -2.49. The summed E-state index contributed by atoms with van der Waals surface area (Å²) in [6, 6.07) is 4.46. The molecule has 5 N–H and O–H groups in total. The summed E-state index contributed by atoms with van der Waals surface area (Å²) in [6.07, 6.45) is -12.3. The average Bonchev–Trinajstić information content (AvgIpc) is 4.01. The largest absolute Gasteiger partial charge is 0.573 e. The van der Waals surface area contributed by atoms with Gasteiger partial charge in [0.25, 0.3) is 0 Å². The van der Waals surface area contributed by atoms with Crippen molar-refractivity contribution in [3.8, 4) is 5.75 Å². The summed E-state index contributed by atoms with van der Waals surface area (Å²) >= 11 is 0. The average molecular weight is 1070 g/mol. The predicted octanol–water partition coefficient (Wildman–Crippen LogP) is 4.20. The zero-order valence-corrected chi connectivity index (χ0v) is 45.7. The fraction of sp³-hybridized carbons (Fsp3) is 0.808. The van der Waals surface area contributed by atoms with E-state index in [0.717, 1.165) is 0 Å². The summed E-state index contributed by atoms with van der Waals surface area (Å²) in [7, 11) is 5.18. The van der Waals surface area contributed by atoms with Crippen LogP contribution in [0.4, 0.5) is 13.2 Å². The summed E-state index contributed by atoms with van der Waals surface area (Å²) in [5, 5.41) is 72.4. The number of alkyl halides is 3. The first kappa shape index (κ1) is 60.6. The lowest BCUT2D eigenvalue weighted by molar-refractivity contribution is -0.318. The van der Waals surface area contributed by atoms with E-state index in [0.29, 0.717) is 49.3 Å². The quantitative estimate of drug-likeness (QED) is 0.167. The predicted molar refractivity (Wildman–Crippen MR) is 266 cm³/mol. The molecule has 6 rings (SSSR count). The van der Waals surface area contributed by atoms with E-state index in [1.54, 1.807) is 65.4 Å². The third-order valence-corrected chi connectivity index (χ3v) is 15.9. The Hall–Kier alpha value is -3.59. The van der Waals surface area contributed by atoms with Crippen molar-refractivity contribution in [2.45, 2.75) is 217 Å². The van der Waals surface area contributed by atoms with Crippen molar-refractivity contribution in [2.24, 2.45) is 22.9 Å². The first-order valence-electron chi connectivity index (χ1n) is 26.2. The van der Waals surface area contributed by atoms with Gasteiger partial charge in [-0.15, -0.1) is 18.3 Å². The Bertz CT molecular complexity index is 2210. The van der Waals surface area contributed by atoms with Crippen molar-refractivity contribution < 1.29 is 81.5 Å². The van der Waals surface area contributed by atoms with Crippen molar-refractivity contribution in [1.29, 1.82) is 0 Å². The van der Waals surface area contributed by atoms with Crippen LogP contribution in [0, 0.1) is 17.8 Å². The van der Waals surface area contributed by atoms with Gasteiger partial charge in [-0.1, -0.05) is 43.3 Å². The second kappa shape index (κ2) is 24.6. The van der Waals surface area contributed by atoms with Crippen molar-refractivity contribution >= 4 is 11.7 Å². The second-order valence-corrected chi connectivity index (χ2v) is 22.4. The lowest BCUT2D eigenvalue weighted by atomic mass is 9.77. The first-order chi connectivity index (χ1) is 35.0. The highest BCUT2D eigenvalue weighted by Gasteiger charge is 2.53. The Morgan fingerprint density at radius 2 is 1.69 bits per heavy atom. The molecule has 0 amide bonds. The summed E-state index contributed by atoms with van der Waals surface area (Å²) in [5.41, 5.74) is -3.05. The van der Waals surface area contributed by atoms with Gasteiger partial charge < -0.3 is 73.3 Å². The van der Waals surface area contributed by atoms with E-state index < -0.39 is 121 Å². The molecule has 0 spiro atoms. The van der Waals surface area contributed by atoms with Crippen LogP contribution in [0.2, 0.25) is 0 Å². The third-order valence-electron chi connectivity index (χ3n) is 15.9. The van der Waals surface area contributed by atoms with Crippen LogP contribution >= 0.6 is 0 Å². The molecule has 426 valence electrons. The lowest BCUT2D eigenvalue weighted by Crippen LogP contribution is -2.61. The molecule has 1 aromatic carbocycles. The number of benzene rings is 1. The monoisotopic (exact) mass is 1070 g/mol. The third kappa shape index (κ3) is 14.8. The second-order valence-electron chi connectivity index (χ2n) is 22.4. The highest BCUT2D eigenvalue weighted by Crippen LogP contribution is 2.40. The molecule has 19 atom stereocenters. The SMILES string of the molecule is CC[C@H]1OC(=O)[C@H](C)[C@@H](O[C@H]2C[C@@](C)(OC)[C@@H](O)[C@H](C)O2)[C@H](C)[C@@H](O[C@@H]2O[C@H](C)C[C@H](N(C)CCc3cn(C[C@H]4CC(c5cccc(OC(F)(F)F)c5)=NO4)nn3)[C@H]2O)[C@](C)(O)C[C@@H](C)CN(C)[C@H](C)[C@@H](O)[C@]1(C)O. The van der Waals surface area contributed by atoms with Crippen LogP contribution in [-0.4, -0.2) is 199 Å². The van der Waals surface area contributed by atoms with E-state index >= 15 is 0 Å².